The summed E-state index contributed by atoms with van der Waals surface area (Å²) in [5.41, 5.74) is -5.10. The lowest BCUT2D eigenvalue weighted by molar-refractivity contribution is -0.378. The highest BCUT2D eigenvalue weighted by Gasteiger charge is 2.91. The fourth-order valence-corrected chi connectivity index (χ4v) is 6.32. The van der Waals surface area contributed by atoms with Crippen LogP contribution in [-0.2, 0) is 0 Å². The second-order valence-corrected chi connectivity index (χ2v) is 7.74. The van der Waals surface area contributed by atoms with E-state index in [9.17, 15) is 31.4 Å². The zero-order chi connectivity index (χ0) is 16.9. The maximum absolute atomic E-state index is 12.9. The zero-order valence-electron chi connectivity index (χ0n) is 12.6. The van der Waals surface area contributed by atoms with E-state index in [1.165, 1.54) is 0 Å². The van der Waals surface area contributed by atoms with Crippen molar-refractivity contribution in [1.82, 2.24) is 0 Å². The maximum atomic E-state index is 12.9. The van der Waals surface area contributed by atoms with E-state index < -0.39 is 35.7 Å². The van der Waals surface area contributed by atoms with Crippen LogP contribution in [0.25, 0.3) is 0 Å². The van der Waals surface area contributed by atoms with E-state index in [-0.39, 0.29) is 23.2 Å². The van der Waals surface area contributed by atoms with Crippen molar-refractivity contribution in [3.8, 4) is 0 Å². The van der Waals surface area contributed by atoms with Gasteiger partial charge in [-0.3, -0.25) is 0 Å². The average molecular weight is 330 g/mol. The summed E-state index contributed by atoms with van der Waals surface area (Å²) in [7, 11) is 0. The van der Waals surface area contributed by atoms with Crippen LogP contribution < -0.4 is 0 Å². The molecule has 3 fully saturated rings. The largest absolute Gasteiger partial charge is 0.426 e. The third-order valence-corrected chi connectivity index (χ3v) is 7.23. The first-order valence-electron chi connectivity index (χ1n) is 7.62. The van der Waals surface area contributed by atoms with Gasteiger partial charge in [-0.1, -0.05) is 20.8 Å². The second-order valence-electron chi connectivity index (χ2n) is 7.74. The molecule has 3 aliphatic rings. The number of aliphatic hydroxyl groups is 1. The van der Waals surface area contributed by atoms with Gasteiger partial charge in [0.05, 0.1) is 0 Å². The molecule has 3 saturated carbocycles. The van der Waals surface area contributed by atoms with Crippen LogP contribution in [0.1, 0.15) is 40.0 Å². The van der Waals surface area contributed by atoms with E-state index >= 15 is 0 Å². The van der Waals surface area contributed by atoms with Gasteiger partial charge in [-0.2, -0.15) is 26.3 Å². The van der Waals surface area contributed by atoms with Gasteiger partial charge in [0.15, 0.2) is 0 Å². The normalized spacial score (nSPS) is 44.0. The molecule has 3 aliphatic carbocycles. The monoisotopic (exact) mass is 330 g/mol. The van der Waals surface area contributed by atoms with E-state index in [2.05, 4.69) is 0 Å². The van der Waals surface area contributed by atoms with E-state index in [4.69, 9.17) is 0 Å². The van der Waals surface area contributed by atoms with Crippen LogP contribution in [0.3, 0.4) is 0 Å². The van der Waals surface area contributed by atoms with Crippen LogP contribution >= 0.6 is 0 Å². The van der Waals surface area contributed by atoms with Crippen LogP contribution in [-0.4, -0.2) is 23.1 Å². The highest BCUT2D eigenvalue weighted by atomic mass is 19.4. The second kappa shape index (κ2) is 3.95. The third kappa shape index (κ3) is 1.43. The molecule has 7 heteroatoms. The minimum absolute atomic E-state index is 0.112. The highest BCUT2D eigenvalue weighted by molar-refractivity contribution is 5.38. The Morgan fingerprint density at radius 3 is 1.91 bits per heavy atom. The Hall–Kier alpha value is -0.460. The zero-order valence-corrected chi connectivity index (χ0v) is 12.6. The van der Waals surface area contributed by atoms with Gasteiger partial charge in [0.25, 0.3) is 5.60 Å². The molecule has 0 aromatic rings. The van der Waals surface area contributed by atoms with Gasteiger partial charge in [0.2, 0.25) is 0 Å². The van der Waals surface area contributed by atoms with E-state index in [1.807, 2.05) is 20.8 Å². The predicted octanol–water partition coefficient (Wildman–Crippen LogP) is 4.55. The quantitative estimate of drug-likeness (QED) is 0.753. The summed E-state index contributed by atoms with van der Waals surface area (Å²) in [5.74, 6) is -0.0709. The molecule has 1 nitrogen and oxygen atoms in total. The summed E-state index contributed by atoms with van der Waals surface area (Å²) in [4.78, 5) is 0. The Bertz CT molecular complexity index is 481. The highest BCUT2D eigenvalue weighted by Crippen LogP contribution is 2.95. The summed E-state index contributed by atoms with van der Waals surface area (Å²) in [6.07, 6.45) is -11.4. The van der Waals surface area contributed by atoms with Crippen molar-refractivity contribution in [3.63, 3.8) is 0 Å². The van der Waals surface area contributed by atoms with Gasteiger partial charge in [-0.05, 0) is 53.8 Å². The number of rotatable bonds is 3. The molecular weight excluding hydrogens is 310 g/mol. The molecule has 0 aromatic heterocycles. The molecule has 0 bridgehead atoms. The smallest absolute Gasteiger partial charge is 0.374 e. The van der Waals surface area contributed by atoms with E-state index in [0.29, 0.717) is 6.42 Å². The van der Waals surface area contributed by atoms with Crippen molar-refractivity contribution in [2.45, 2.75) is 58.0 Å². The van der Waals surface area contributed by atoms with Gasteiger partial charge in [0, 0.05) is 0 Å². The van der Waals surface area contributed by atoms with Crippen molar-refractivity contribution in [1.29, 1.82) is 0 Å². The first kappa shape index (κ1) is 16.4. The lowest BCUT2D eigenvalue weighted by Crippen LogP contribution is -2.62. The fourth-order valence-electron chi connectivity index (χ4n) is 6.32. The average Bonchev–Trinajstić information content (AvgIpc) is 2.82. The number of hydrogen-bond donors (Lipinski definition) is 1. The Morgan fingerprint density at radius 1 is 1.09 bits per heavy atom. The van der Waals surface area contributed by atoms with E-state index in [1.54, 1.807) is 0 Å². The number of hydrogen-bond acceptors (Lipinski definition) is 1. The maximum Gasteiger partial charge on any atom is 0.426 e. The minimum atomic E-state index is -5.70. The van der Waals surface area contributed by atoms with Crippen LogP contribution in [0.5, 0.6) is 0 Å². The topological polar surface area (TPSA) is 20.2 Å². The molecule has 128 valence electrons. The molecule has 0 aromatic carbocycles. The van der Waals surface area contributed by atoms with Crippen LogP contribution in [0, 0.1) is 34.5 Å². The standard InChI is InChI=1S/C15H20F6O/c1-7(2)11-5-9-4-10(13(9,11)8(11)3)6-12(22,14(16,17)18)15(19,20)21/h7-10,22H,4-6H2,1-3H3. The van der Waals surface area contributed by atoms with E-state index in [0.717, 1.165) is 6.42 Å². The third-order valence-electron chi connectivity index (χ3n) is 7.23. The number of alkyl halides is 6. The molecule has 1 spiro atoms. The fraction of sp³-hybridized carbons (Fsp3) is 1.00. The van der Waals surface area contributed by atoms with Crippen molar-refractivity contribution < 1.29 is 31.4 Å². The van der Waals surface area contributed by atoms with Gasteiger partial charge >= 0.3 is 12.4 Å². The van der Waals surface area contributed by atoms with Gasteiger partial charge < -0.3 is 5.11 Å². The van der Waals surface area contributed by atoms with Gasteiger partial charge in [0.1, 0.15) is 0 Å². The summed E-state index contributed by atoms with van der Waals surface area (Å²) >= 11 is 0. The molecule has 1 N–H and O–H groups in total. The van der Waals surface area contributed by atoms with Crippen molar-refractivity contribution in [2.75, 3.05) is 0 Å². The van der Waals surface area contributed by atoms with Crippen LogP contribution in [0.4, 0.5) is 26.3 Å². The van der Waals surface area contributed by atoms with Crippen LogP contribution in [0.15, 0.2) is 0 Å². The lowest BCUT2D eigenvalue weighted by Gasteiger charge is -2.61. The molecule has 5 unspecified atom stereocenters. The molecule has 0 heterocycles. The van der Waals surface area contributed by atoms with Crippen molar-refractivity contribution >= 4 is 0 Å². The minimum Gasteiger partial charge on any atom is -0.374 e. The summed E-state index contributed by atoms with van der Waals surface area (Å²) in [6.45, 7) is 5.90. The molecule has 0 amide bonds. The molecule has 22 heavy (non-hydrogen) atoms. The molecule has 0 saturated heterocycles. The molecular formula is C15H20F6O. The van der Waals surface area contributed by atoms with Crippen molar-refractivity contribution in [2.24, 2.45) is 34.5 Å². The van der Waals surface area contributed by atoms with Crippen molar-refractivity contribution in [3.05, 3.63) is 0 Å². The first-order chi connectivity index (χ1) is 9.77. The summed E-state index contributed by atoms with van der Waals surface area (Å²) in [5, 5.41) is 9.44. The Morgan fingerprint density at radius 2 is 1.59 bits per heavy atom. The SMILES string of the molecule is CC(C)C12CC3CC(CC(O)(C(F)(F)F)C(F)(F)F)C31C2C. The first-order valence-corrected chi connectivity index (χ1v) is 7.62. The van der Waals surface area contributed by atoms with Crippen LogP contribution in [0.2, 0.25) is 0 Å². The Labute approximate surface area is 125 Å². The molecule has 3 rings (SSSR count). The number of halogens is 6. The lowest BCUT2D eigenvalue weighted by atomic mass is 9.44. The summed E-state index contributed by atoms with van der Waals surface area (Å²) < 4.78 is 77.3. The molecule has 5 atom stereocenters. The van der Waals surface area contributed by atoms with Gasteiger partial charge in [-0.15, -0.1) is 0 Å². The molecule has 0 radical (unpaired) electrons. The predicted molar refractivity (Wildman–Crippen MR) is 66.8 cm³/mol. The Balaban J connectivity index is 1.86. The summed E-state index contributed by atoms with van der Waals surface area (Å²) in [6, 6.07) is 0. The molecule has 0 aliphatic heterocycles. The van der Waals surface area contributed by atoms with Gasteiger partial charge in [-0.25, -0.2) is 0 Å². The Kier molecular flexibility index (Phi) is 2.95.